The minimum atomic E-state index is -0.472. The number of phenolic OH excluding ortho intramolecular Hbond substituents is 1. The summed E-state index contributed by atoms with van der Waals surface area (Å²) >= 11 is 6.40. The number of hydrazone groups is 1. The molecule has 0 atom stereocenters. The molecule has 9 heteroatoms. The molecule has 24 heavy (non-hydrogen) atoms. The third-order valence-corrected chi connectivity index (χ3v) is 3.98. The van der Waals surface area contributed by atoms with Gasteiger partial charge in [-0.3, -0.25) is 14.6 Å². The van der Waals surface area contributed by atoms with Gasteiger partial charge in [0.1, 0.15) is 5.75 Å². The number of benzene rings is 1. The summed E-state index contributed by atoms with van der Waals surface area (Å²) in [4.78, 5) is 27.2. The fourth-order valence-electron chi connectivity index (χ4n) is 1.64. The summed E-state index contributed by atoms with van der Waals surface area (Å²) in [6.07, 6.45) is 4.37. The molecule has 0 aliphatic heterocycles. The number of halogens is 2. The number of hydrogen-bond acceptors (Lipinski definition) is 5. The summed E-state index contributed by atoms with van der Waals surface area (Å²) in [6.45, 7) is -0.214. The summed E-state index contributed by atoms with van der Waals surface area (Å²) in [5, 5.41) is 15.9. The van der Waals surface area contributed by atoms with Gasteiger partial charge in [-0.1, -0.05) is 0 Å². The second kappa shape index (κ2) is 8.55. The van der Waals surface area contributed by atoms with Crippen molar-refractivity contribution in [2.45, 2.75) is 0 Å². The van der Waals surface area contributed by atoms with Gasteiger partial charge < -0.3 is 10.4 Å². The van der Waals surface area contributed by atoms with Gasteiger partial charge in [0.25, 0.3) is 11.8 Å². The van der Waals surface area contributed by atoms with Gasteiger partial charge in [-0.25, -0.2) is 5.43 Å². The molecule has 3 N–H and O–H groups in total. The van der Waals surface area contributed by atoms with E-state index in [4.69, 9.17) is 0 Å². The molecule has 1 aromatic carbocycles. The first-order chi connectivity index (χ1) is 11.5. The highest BCUT2D eigenvalue weighted by Crippen LogP contribution is 2.32. The molecule has 0 saturated carbocycles. The smallest absolute Gasteiger partial charge is 0.259 e. The minimum Gasteiger partial charge on any atom is -0.506 e. The zero-order valence-corrected chi connectivity index (χ0v) is 15.3. The van der Waals surface area contributed by atoms with E-state index >= 15 is 0 Å². The van der Waals surface area contributed by atoms with Crippen LogP contribution < -0.4 is 10.7 Å². The zero-order chi connectivity index (χ0) is 17.5. The fourth-order valence-corrected chi connectivity index (χ4v) is 2.86. The Hall–Kier alpha value is -2.26. The van der Waals surface area contributed by atoms with E-state index < -0.39 is 11.8 Å². The molecule has 0 bridgehead atoms. The van der Waals surface area contributed by atoms with Crippen molar-refractivity contribution < 1.29 is 14.7 Å². The van der Waals surface area contributed by atoms with Crippen LogP contribution in [0, 0.1) is 0 Å². The molecule has 0 saturated heterocycles. The standard InChI is InChI=1S/C15H12Br2N4O3/c16-11-4-9(5-12(17)14(11)23)6-20-21-13(22)8-19-15(24)10-2-1-3-18-7-10/h1-7,23H,8H2,(H,19,24)(H,21,22)/b20-6+. The molecule has 0 unspecified atom stereocenters. The minimum absolute atomic E-state index is 0.0781. The van der Waals surface area contributed by atoms with Crippen LogP contribution in [0.25, 0.3) is 0 Å². The van der Waals surface area contributed by atoms with Gasteiger partial charge in [0.2, 0.25) is 0 Å². The molecule has 0 fully saturated rings. The molecule has 2 amide bonds. The molecule has 1 heterocycles. The van der Waals surface area contributed by atoms with E-state index in [9.17, 15) is 14.7 Å². The normalized spacial score (nSPS) is 10.6. The predicted octanol–water partition coefficient (Wildman–Crippen LogP) is 2.19. The van der Waals surface area contributed by atoms with Gasteiger partial charge in [0, 0.05) is 12.4 Å². The van der Waals surface area contributed by atoms with Crippen molar-refractivity contribution in [2.75, 3.05) is 6.54 Å². The Kier molecular flexibility index (Phi) is 6.44. The fraction of sp³-hybridized carbons (Fsp3) is 0.0667. The van der Waals surface area contributed by atoms with Crippen molar-refractivity contribution in [3.8, 4) is 5.75 Å². The number of pyridine rings is 1. The highest BCUT2D eigenvalue weighted by atomic mass is 79.9. The molecular formula is C15H12Br2N4O3. The Labute approximate surface area is 154 Å². The number of aromatic hydroxyl groups is 1. The third kappa shape index (κ3) is 5.14. The molecule has 2 rings (SSSR count). The Balaban J connectivity index is 1.84. The quantitative estimate of drug-likeness (QED) is 0.474. The number of nitrogens with one attached hydrogen (secondary N) is 2. The Morgan fingerprint density at radius 1 is 1.29 bits per heavy atom. The molecule has 2 aromatic rings. The second-order valence-electron chi connectivity index (χ2n) is 4.55. The Bertz CT molecular complexity index is 759. The van der Waals surface area contributed by atoms with Crippen LogP contribution in [0.3, 0.4) is 0 Å². The maximum Gasteiger partial charge on any atom is 0.259 e. The van der Waals surface area contributed by atoms with Crippen LogP contribution in [-0.4, -0.2) is 34.7 Å². The SMILES string of the molecule is O=C(CNC(=O)c1cccnc1)N/N=C/c1cc(Br)c(O)c(Br)c1. The molecule has 1 aromatic heterocycles. The second-order valence-corrected chi connectivity index (χ2v) is 6.26. The summed E-state index contributed by atoms with van der Waals surface area (Å²) in [6, 6.07) is 6.51. The van der Waals surface area contributed by atoms with Crippen LogP contribution in [0.4, 0.5) is 0 Å². The van der Waals surface area contributed by atoms with E-state index in [1.165, 1.54) is 12.4 Å². The molecule has 0 radical (unpaired) electrons. The number of phenols is 1. The van der Waals surface area contributed by atoms with Gasteiger partial charge >= 0.3 is 0 Å². The van der Waals surface area contributed by atoms with Gasteiger partial charge in [0.05, 0.1) is 27.3 Å². The number of hydrogen-bond donors (Lipinski definition) is 3. The Morgan fingerprint density at radius 3 is 2.62 bits per heavy atom. The van der Waals surface area contributed by atoms with Crippen LogP contribution in [0.5, 0.6) is 5.75 Å². The third-order valence-electron chi connectivity index (χ3n) is 2.78. The summed E-state index contributed by atoms with van der Waals surface area (Å²) < 4.78 is 0.988. The average molecular weight is 456 g/mol. The lowest BCUT2D eigenvalue weighted by Crippen LogP contribution is -2.34. The van der Waals surface area contributed by atoms with Crippen molar-refractivity contribution in [2.24, 2.45) is 5.10 Å². The molecule has 0 aliphatic carbocycles. The van der Waals surface area contributed by atoms with Gasteiger partial charge in [0.15, 0.2) is 0 Å². The van der Waals surface area contributed by atoms with Crippen molar-refractivity contribution in [3.05, 3.63) is 56.7 Å². The number of rotatable bonds is 5. The largest absolute Gasteiger partial charge is 0.506 e. The summed E-state index contributed by atoms with van der Waals surface area (Å²) in [5.74, 6) is -0.789. The average Bonchev–Trinajstić information content (AvgIpc) is 2.58. The molecule has 7 nitrogen and oxygen atoms in total. The van der Waals surface area contributed by atoms with Crippen molar-refractivity contribution in [1.82, 2.24) is 15.7 Å². The first kappa shape index (κ1) is 18.1. The van der Waals surface area contributed by atoms with Crippen molar-refractivity contribution >= 4 is 49.9 Å². The van der Waals surface area contributed by atoms with E-state index in [2.05, 4.69) is 52.7 Å². The zero-order valence-electron chi connectivity index (χ0n) is 12.2. The molecule has 0 spiro atoms. The van der Waals surface area contributed by atoms with Gasteiger partial charge in [-0.05, 0) is 61.7 Å². The lowest BCUT2D eigenvalue weighted by molar-refractivity contribution is -0.120. The lowest BCUT2D eigenvalue weighted by Gasteiger charge is -2.04. The number of amides is 2. The van der Waals surface area contributed by atoms with Crippen molar-refractivity contribution in [1.29, 1.82) is 0 Å². The maximum atomic E-state index is 11.7. The highest BCUT2D eigenvalue weighted by Gasteiger charge is 2.07. The first-order valence-electron chi connectivity index (χ1n) is 6.65. The van der Waals surface area contributed by atoms with Crippen LogP contribution in [0.15, 0.2) is 50.7 Å². The lowest BCUT2D eigenvalue weighted by atomic mass is 10.2. The first-order valence-corrected chi connectivity index (χ1v) is 8.24. The van der Waals surface area contributed by atoms with E-state index in [-0.39, 0.29) is 12.3 Å². The maximum absolute atomic E-state index is 11.7. The Morgan fingerprint density at radius 2 is 2.00 bits per heavy atom. The van der Waals surface area contributed by atoms with E-state index in [0.717, 1.165) is 0 Å². The van der Waals surface area contributed by atoms with Gasteiger partial charge in [-0.15, -0.1) is 0 Å². The van der Waals surface area contributed by atoms with Crippen LogP contribution in [-0.2, 0) is 4.79 Å². The topological polar surface area (TPSA) is 104 Å². The highest BCUT2D eigenvalue weighted by molar-refractivity contribution is 9.11. The predicted molar refractivity (Wildman–Crippen MR) is 95.8 cm³/mol. The van der Waals surface area contributed by atoms with Crippen LogP contribution in [0.1, 0.15) is 15.9 Å². The molecule has 124 valence electrons. The van der Waals surface area contributed by atoms with E-state index in [1.807, 2.05) is 0 Å². The van der Waals surface area contributed by atoms with E-state index in [0.29, 0.717) is 20.1 Å². The van der Waals surface area contributed by atoms with Gasteiger partial charge in [-0.2, -0.15) is 5.10 Å². The summed E-state index contributed by atoms with van der Waals surface area (Å²) in [5.41, 5.74) is 3.33. The van der Waals surface area contributed by atoms with E-state index in [1.54, 1.807) is 30.5 Å². The molecule has 0 aliphatic rings. The molecular weight excluding hydrogens is 444 g/mol. The number of carbonyl (C=O) groups is 2. The number of nitrogens with zero attached hydrogens (tertiary/aromatic N) is 2. The van der Waals surface area contributed by atoms with Crippen LogP contribution >= 0.6 is 31.9 Å². The summed E-state index contributed by atoms with van der Waals surface area (Å²) in [7, 11) is 0. The van der Waals surface area contributed by atoms with Crippen molar-refractivity contribution in [3.63, 3.8) is 0 Å². The number of aromatic nitrogens is 1. The number of carbonyl (C=O) groups excluding carboxylic acids is 2. The van der Waals surface area contributed by atoms with Crippen LogP contribution in [0.2, 0.25) is 0 Å². The monoisotopic (exact) mass is 454 g/mol.